The summed E-state index contributed by atoms with van der Waals surface area (Å²) in [6, 6.07) is 11.9. The Morgan fingerprint density at radius 3 is 2.48 bits per heavy atom. The smallest absolute Gasteiger partial charge is 0.253 e. The number of para-hydroxylation sites is 1. The van der Waals surface area contributed by atoms with Crippen LogP contribution in [0.3, 0.4) is 0 Å². The van der Waals surface area contributed by atoms with Crippen LogP contribution in [0.4, 0.5) is 0 Å². The highest BCUT2D eigenvalue weighted by Gasteiger charge is 2.14. The summed E-state index contributed by atoms with van der Waals surface area (Å²) < 4.78 is 2.12. The van der Waals surface area contributed by atoms with Crippen molar-refractivity contribution in [2.75, 3.05) is 18.1 Å². The molecule has 1 aromatic heterocycles. The number of nitrogens with zero attached hydrogens (tertiary/aromatic N) is 1. The summed E-state index contributed by atoms with van der Waals surface area (Å²) in [5.74, 6) is 2.02. The standard InChI is InChI=1S/C17H22N2OS/c1-4-21-12-11-18-17(20)15-7-5-6-8-16(15)19-13(2)9-10-14(19)3/h5-10H,4,11-12H2,1-3H3,(H,18,20). The van der Waals surface area contributed by atoms with Gasteiger partial charge in [-0.25, -0.2) is 0 Å². The van der Waals surface area contributed by atoms with Gasteiger partial charge in [0.05, 0.1) is 11.3 Å². The molecule has 0 fully saturated rings. The van der Waals surface area contributed by atoms with Crippen LogP contribution in [0.25, 0.3) is 5.69 Å². The first-order chi connectivity index (χ1) is 10.1. The topological polar surface area (TPSA) is 34.0 Å². The second-order valence-corrected chi connectivity index (χ2v) is 6.32. The first-order valence-corrected chi connectivity index (χ1v) is 8.41. The van der Waals surface area contributed by atoms with E-state index >= 15 is 0 Å². The Bertz CT molecular complexity index is 600. The third kappa shape index (κ3) is 3.70. The van der Waals surface area contributed by atoms with E-state index in [1.54, 1.807) is 0 Å². The molecule has 0 spiro atoms. The summed E-state index contributed by atoms with van der Waals surface area (Å²) >= 11 is 1.83. The van der Waals surface area contributed by atoms with E-state index in [0.29, 0.717) is 6.54 Å². The van der Waals surface area contributed by atoms with E-state index in [1.165, 1.54) is 0 Å². The average Bonchev–Trinajstić information content (AvgIpc) is 2.82. The normalized spacial score (nSPS) is 10.6. The lowest BCUT2D eigenvalue weighted by Crippen LogP contribution is -2.27. The zero-order valence-electron chi connectivity index (χ0n) is 12.8. The molecule has 1 amide bonds. The molecule has 2 aromatic rings. The van der Waals surface area contributed by atoms with Crippen molar-refractivity contribution in [3.8, 4) is 5.69 Å². The van der Waals surface area contributed by atoms with Gasteiger partial charge in [0.25, 0.3) is 5.91 Å². The molecule has 0 aliphatic rings. The lowest BCUT2D eigenvalue weighted by Gasteiger charge is -2.14. The van der Waals surface area contributed by atoms with Gasteiger partial charge in [-0.3, -0.25) is 4.79 Å². The van der Waals surface area contributed by atoms with Gasteiger partial charge in [-0.2, -0.15) is 11.8 Å². The van der Waals surface area contributed by atoms with E-state index in [1.807, 2.05) is 36.0 Å². The molecule has 21 heavy (non-hydrogen) atoms. The Hall–Kier alpha value is -1.68. The molecule has 1 heterocycles. The molecule has 0 bridgehead atoms. The van der Waals surface area contributed by atoms with Crippen LogP contribution in [-0.2, 0) is 0 Å². The van der Waals surface area contributed by atoms with Crippen LogP contribution in [0.1, 0.15) is 28.7 Å². The number of carbonyl (C=O) groups excluding carboxylic acids is 1. The van der Waals surface area contributed by atoms with Crippen molar-refractivity contribution in [2.24, 2.45) is 0 Å². The van der Waals surface area contributed by atoms with Crippen molar-refractivity contribution in [1.29, 1.82) is 0 Å². The molecule has 0 atom stereocenters. The molecular weight excluding hydrogens is 280 g/mol. The molecule has 0 radical (unpaired) electrons. The predicted molar refractivity (Wildman–Crippen MR) is 90.6 cm³/mol. The summed E-state index contributed by atoms with van der Waals surface area (Å²) in [5.41, 5.74) is 3.93. The van der Waals surface area contributed by atoms with E-state index in [-0.39, 0.29) is 5.91 Å². The summed E-state index contributed by atoms with van der Waals surface area (Å²) in [4.78, 5) is 12.4. The maximum Gasteiger partial charge on any atom is 0.253 e. The van der Waals surface area contributed by atoms with Crippen molar-refractivity contribution in [3.63, 3.8) is 0 Å². The van der Waals surface area contributed by atoms with E-state index in [9.17, 15) is 4.79 Å². The second-order valence-electron chi connectivity index (χ2n) is 4.92. The predicted octanol–water partition coefficient (Wildman–Crippen LogP) is 3.58. The van der Waals surface area contributed by atoms with Gasteiger partial charge in [0.2, 0.25) is 0 Å². The summed E-state index contributed by atoms with van der Waals surface area (Å²) in [6.45, 7) is 6.94. The molecule has 4 heteroatoms. The molecule has 0 unspecified atom stereocenters. The Balaban J connectivity index is 2.23. The number of benzene rings is 1. The Morgan fingerprint density at radius 2 is 1.81 bits per heavy atom. The lowest BCUT2D eigenvalue weighted by molar-refractivity contribution is 0.0956. The Kier molecular flexibility index (Phi) is 5.51. The minimum atomic E-state index is -0.00481. The number of aromatic nitrogens is 1. The molecule has 0 aliphatic carbocycles. The van der Waals surface area contributed by atoms with Crippen molar-refractivity contribution in [1.82, 2.24) is 9.88 Å². The van der Waals surface area contributed by atoms with Gasteiger partial charge in [0.1, 0.15) is 0 Å². The number of amides is 1. The highest BCUT2D eigenvalue weighted by molar-refractivity contribution is 7.99. The summed E-state index contributed by atoms with van der Waals surface area (Å²) in [6.07, 6.45) is 0. The Morgan fingerprint density at radius 1 is 1.14 bits per heavy atom. The summed E-state index contributed by atoms with van der Waals surface area (Å²) in [5, 5.41) is 3.00. The first-order valence-electron chi connectivity index (χ1n) is 7.25. The van der Waals surface area contributed by atoms with Crippen LogP contribution < -0.4 is 5.32 Å². The van der Waals surface area contributed by atoms with Crippen LogP contribution in [0, 0.1) is 13.8 Å². The molecule has 1 aromatic carbocycles. The number of nitrogens with one attached hydrogen (secondary N) is 1. The van der Waals surface area contributed by atoms with E-state index in [2.05, 4.69) is 42.8 Å². The highest BCUT2D eigenvalue weighted by atomic mass is 32.2. The maximum absolute atomic E-state index is 12.4. The first kappa shape index (κ1) is 15.7. The number of aryl methyl sites for hydroxylation is 2. The van der Waals surface area contributed by atoms with Crippen LogP contribution in [0.15, 0.2) is 36.4 Å². The fourth-order valence-electron chi connectivity index (χ4n) is 2.39. The van der Waals surface area contributed by atoms with Gasteiger partial charge in [-0.15, -0.1) is 0 Å². The van der Waals surface area contributed by atoms with Gasteiger partial charge in [0, 0.05) is 23.7 Å². The van der Waals surface area contributed by atoms with Crippen molar-refractivity contribution >= 4 is 17.7 Å². The third-order valence-electron chi connectivity index (χ3n) is 3.40. The zero-order valence-corrected chi connectivity index (χ0v) is 13.7. The minimum absolute atomic E-state index is 0.00481. The van der Waals surface area contributed by atoms with Gasteiger partial charge in [0.15, 0.2) is 0 Å². The second kappa shape index (κ2) is 7.36. The van der Waals surface area contributed by atoms with Crippen LogP contribution in [0.2, 0.25) is 0 Å². The van der Waals surface area contributed by atoms with Gasteiger partial charge < -0.3 is 9.88 Å². The molecule has 112 valence electrons. The fourth-order valence-corrected chi connectivity index (χ4v) is 2.92. The van der Waals surface area contributed by atoms with Gasteiger partial charge in [-0.05, 0) is 43.9 Å². The molecule has 0 aliphatic heterocycles. The molecular formula is C17H22N2OS. The average molecular weight is 302 g/mol. The quantitative estimate of drug-likeness (QED) is 0.828. The van der Waals surface area contributed by atoms with E-state index in [0.717, 1.165) is 34.1 Å². The number of carbonyl (C=O) groups is 1. The Labute approximate surface area is 130 Å². The lowest BCUT2D eigenvalue weighted by atomic mass is 10.1. The van der Waals surface area contributed by atoms with Crippen molar-refractivity contribution in [3.05, 3.63) is 53.3 Å². The van der Waals surface area contributed by atoms with Crippen LogP contribution in [-0.4, -0.2) is 28.5 Å². The maximum atomic E-state index is 12.4. The van der Waals surface area contributed by atoms with E-state index < -0.39 is 0 Å². The molecule has 2 rings (SSSR count). The van der Waals surface area contributed by atoms with Crippen LogP contribution in [0.5, 0.6) is 0 Å². The minimum Gasteiger partial charge on any atom is -0.351 e. The monoisotopic (exact) mass is 302 g/mol. The van der Waals surface area contributed by atoms with Gasteiger partial charge in [-0.1, -0.05) is 19.1 Å². The summed E-state index contributed by atoms with van der Waals surface area (Å²) in [7, 11) is 0. The number of rotatable bonds is 6. The molecule has 0 saturated heterocycles. The largest absolute Gasteiger partial charge is 0.351 e. The van der Waals surface area contributed by atoms with Crippen molar-refractivity contribution < 1.29 is 4.79 Å². The fraction of sp³-hybridized carbons (Fsp3) is 0.353. The molecule has 1 N–H and O–H groups in total. The zero-order chi connectivity index (χ0) is 15.2. The number of hydrogen-bond acceptors (Lipinski definition) is 2. The third-order valence-corrected chi connectivity index (χ3v) is 4.30. The SMILES string of the molecule is CCSCCNC(=O)c1ccccc1-n1c(C)ccc1C. The number of hydrogen-bond donors (Lipinski definition) is 1. The molecule has 0 saturated carbocycles. The highest BCUT2D eigenvalue weighted by Crippen LogP contribution is 2.20. The van der Waals surface area contributed by atoms with E-state index in [4.69, 9.17) is 0 Å². The van der Waals surface area contributed by atoms with Crippen LogP contribution >= 0.6 is 11.8 Å². The van der Waals surface area contributed by atoms with Crippen molar-refractivity contribution in [2.45, 2.75) is 20.8 Å². The van der Waals surface area contributed by atoms with Gasteiger partial charge >= 0.3 is 0 Å². The number of thioether (sulfide) groups is 1. The molecule has 3 nitrogen and oxygen atoms in total.